The molecule has 1 aromatic rings. The molecule has 0 aliphatic heterocycles. The second-order valence-corrected chi connectivity index (χ2v) is 4.02. The topological polar surface area (TPSA) is 45.1 Å². The second-order valence-electron chi connectivity index (χ2n) is 4.02. The van der Waals surface area contributed by atoms with Crippen LogP contribution in [0.1, 0.15) is 24.7 Å². The van der Waals surface area contributed by atoms with Crippen LogP contribution in [0.25, 0.3) is 0 Å². The van der Waals surface area contributed by atoms with Gasteiger partial charge in [-0.1, -0.05) is 13.0 Å². The van der Waals surface area contributed by atoms with Gasteiger partial charge >= 0.3 is 0 Å². The summed E-state index contributed by atoms with van der Waals surface area (Å²) < 4.78 is 0. The van der Waals surface area contributed by atoms with Crippen LogP contribution in [0, 0.1) is 12.8 Å². The Hall–Kier alpha value is -0.930. The van der Waals surface area contributed by atoms with E-state index in [1.165, 1.54) is 0 Å². The molecular weight excluding hydrogens is 188 g/mol. The number of aliphatic hydroxyl groups is 1. The van der Waals surface area contributed by atoms with Crippen molar-refractivity contribution in [2.45, 2.75) is 26.8 Å². The van der Waals surface area contributed by atoms with E-state index in [4.69, 9.17) is 5.11 Å². The summed E-state index contributed by atoms with van der Waals surface area (Å²) in [5.74, 6) is 0.514. The molecule has 1 aromatic heterocycles. The van der Waals surface area contributed by atoms with Crippen LogP contribution in [0.2, 0.25) is 0 Å². The average molecular weight is 208 g/mol. The molecule has 0 aliphatic carbocycles. The number of nitrogens with zero attached hydrogens (tertiary/aromatic N) is 1. The minimum Gasteiger partial charge on any atom is -0.396 e. The number of hydrogen-bond donors (Lipinski definition) is 2. The predicted octanol–water partition coefficient (Wildman–Crippen LogP) is 1.50. The van der Waals surface area contributed by atoms with Gasteiger partial charge in [0.1, 0.15) is 0 Å². The summed E-state index contributed by atoms with van der Waals surface area (Å²) in [5, 5.41) is 12.1. The smallest absolute Gasteiger partial charge is 0.0544 e. The Bertz CT molecular complexity index is 289. The standard InChI is InChI=1S/C12H20N2O/c1-10(6-7-15)8-13-9-12-5-3-4-11(2)14-12/h3-5,10,13,15H,6-9H2,1-2H3. The highest BCUT2D eigenvalue weighted by Crippen LogP contribution is 2.00. The number of rotatable bonds is 6. The van der Waals surface area contributed by atoms with Gasteiger partial charge in [-0.25, -0.2) is 0 Å². The van der Waals surface area contributed by atoms with E-state index in [9.17, 15) is 0 Å². The third kappa shape index (κ3) is 4.91. The molecule has 0 fully saturated rings. The van der Waals surface area contributed by atoms with E-state index >= 15 is 0 Å². The second kappa shape index (κ2) is 6.53. The first kappa shape index (κ1) is 12.1. The number of hydrogen-bond acceptors (Lipinski definition) is 3. The van der Waals surface area contributed by atoms with Gasteiger partial charge in [0.05, 0.1) is 5.69 Å². The van der Waals surface area contributed by atoms with Crippen LogP contribution in [0.5, 0.6) is 0 Å². The minimum absolute atomic E-state index is 0.269. The third-order valence-electron chi connectivity index (χ3n) is 2.37. The summed E-state index contributed by atoms with van der Waals surface area (Å²) in [5.41, 5.74) is 2.13. The SMILES string of the molecule is Cc1cccc(CNCC(C)CCO)n1. The zero-order chi connectivity index (χ0) is 11.1. The maximum atomic E-state index is 8.75. The molecule has 0 spiro atoms. The summed E-state index contributed by atoms with van der Waals surface area (Å²) in [6, 6.07) is 6.05. The first-order valence-electron chi connectivity index (χ1n) is 5.46. The quantitative estimate of drug-likeness (QED) is 0.744. The summed E-state index contributed by atoms with van der Waals surface area (Å²) >= 11 is 0. The van der Waals surface area contributed by atoms with E-state index in [-0.39, 0.29) is 6.61 Å². The van der Waals surface area contributed by atoms with Crippen molar-refractivity contribution in [3.63, 3.8) is 0 Å². The molecular formula is C12H20N2O. The fourth-order valence-electron chi connectivity index (χ4n) is 1.47. The molecule has 0 saturated heterocycles. The molecule has 1 rings (SSSR count). The molecule has 3 heteroatoms. The summed E-state index contributed by atoms with van der Waals surface area (Å²) in [7, 11) is 0. The van der Waals surface area contributed by atoms with Gasteiger partial charge in [-0.2, -0.15) is 0 Å². The predicted molar refractivity (Wildman–Crippen MR) is 61.5 cm³/mol. The van der Waals surface area contributed by atoms with Gasteiger partial charge < -0.3 is 10.4 Å². The van der Waals surface area contributed by atoms with Gasteiger partial charge in [0.25, 0.3) is 0 Å². The molecule has 0 amide bonds. The van der Waals surface area contributed by atoms with E-state index in [2.05, 4.69) is 17.2 Å². The van der Waals surface area contributed by atoms with Gasteiger partial charge in [0.15, 0.2) is 0 Å². The normalized spacial score (nSPS) is 12.7. The lowest BCUT2D eigenvalue weighted by Crippen LogP contribution is -2.21. The van der Waals surface area contributed by atoms with Crippen molar-refractivity contribution in [2.24, 2.45) is 5.92 Å². The van der Waals surface area contributed by atoms with Gasteiger partial charge in [-0.15, -0.1) is 0 Å². The summed E-state index contributed by atoms with van der Waals surface area (Å²) in [6.45, 7) is 6.13. The lowest BCUT2D eigenvalue weighted by Gasteiger charge is -2.10. The lowest BCUT2D eigenvalue weighted by molar-refractivity contribution is 0.260. The Labute approximate surface area is 91.5 Å². The third-order valence-corrected chi connectivity index (χ3v) is 2.37. The Kier molecular flexibility index (Phi) is 5.29. The molecule has 1 unspecified atom stereocenters. The van der Waals surface area contributed by atoms with Crippen LogP contribution in [-0.2, 0) is 6.54 Å². The maximum absolute atomic E-state index is 8.75. The van der Waals surface area contributed by atoms with Gasteiger partial charge in [-0.3, -0.25) is 4.98 Å². The number of aromatic nitrogens is 1. The Morgan fingerprint density at radius 2 is 2.27 bits per heavy atom. The molecule has 84 valence electrons. The first-order valence-corrected chi connectivity index (χ1v) is 5.46. The molecule has 1 heterocycles. The van der Waals surface area contributed by atoms with Crippen molar-refractivity contribution < 1.29 is 5.11 Å². The average Bonchev–Trinajstić information content (AvgIpc) is 2.18. The molecule has 1 atom stereocenters. The van der Waals surface area contributed by atoms with Crippen LogP contribution >= 0.6 is 0 Å². The van der Waals surface area contributed by atoms with Gasteiger partial charge in [0.2, 0.25) is 0 Å². The first-order chi connectivity index (χ1) is 7.22. The molecule has 3 nitrogen and oxygen atoms in total. The van der Waals surface area contributed by atoms with E-state index in [0.717, 1.165) is 30.9 Å². The van der Waals surface area contributed by atoms with E-state index in [1.807, 2.05) is 25.1 Å². The molecule has 2 N–H and O–H groups in total. The zero-order valence-corrected chi connectivity index (χ0v) is 9.53. The van der Waals surface area contributed by atoms with Crippen molar-refractivity contribution in [3.8, 4) is 0 Å². The van der Waals surface area contributed by atoms with Crippen LogP contribution in [0.3, 0.4) is 0 Å². The van der Waals surface area contributed by atoms with Crippen molar-refractivity contribution >= 4 is 0 Å². The fourth-order valence-corrected chi connectivity index (χ4v) is 1.47. The number of pyridine rings is 1. The van der Waals surface area contributed by atoms with E-state index in [0.29, 0.717) is 5.92 Å². The highest BCUT2D eigenvalue weighted by Gasteiger charge is 2.00. The summed E-state index contributed by atoms with van der Waals surface area (Å²) in [6.07, 6.45) is 0.855. The molecule has 0 aromatic carbocycles. The zero-order valence-electron chi connectivity index (χ0n) is 9.53. The highest BCUT2D eigenvalue weighted by atomic mass is 16.3. The van der Waals surface area contributed by atoms with E-state index in [1.54, 1.807) is 0 Å². The molecule has 0 radical (unpaired) electrons. The highest BCUT2D eigenvalue weighted by molar-refractivity contribution is 5.09. The van der Waals surface area contributed by atoms with Crippen molar-refractivity contribution in [1.82, 2.24) is 10.3 Å². The van der Waals surface area contributed by atoms with Crippen molar-refractivity contribution in [3.05, 3.63) is 29.6 Å². The maximum Gasteiger partial charge on any atom is 0.0544 e. The Balaban J connectivity index is 2.25. The van der Waals surface area contributed by atoms with Crippen LogP contribution in [-0.4, -0.2) is 23.2 Å². The van der Waals surface area contributed by atoms with Crippen LogP contribution in [0.15, 0.2) is 18.2 Å². The monoisotopic (exact) mass is 208 g/mol. The molecule has 0 saturated carbocycles. The fraction of sp³-hybridized carbons (Fsp3) is 0.583. The lowest BCUT2D eigenvalue weighted by atomic mass is 10.1. The molecule has 15 heavy (non-hydrogen) atoms. The molecule has 0 aliphatic rings. The minimum atomic E-state index is 0.269. The summed E-state index contributed by atoms with van der Waals surface area (Å²) in [4.78, 5) is 4.40. The van der Waals surface area contributed by atoms with Gasteiger partial charge in [0, 0.05) is 18.8 Å². The number of aliphatic hydroxyl groups excluding tert-OH is 1. The van der Waals surface area contributed by atoms with E-state index < -0.39 is 0 Å². The number of nitrogens with one attached hydrogen (secondary N) is 1. The number of aryl methyl sites for hydroxylation is 1. The largest absolute Gasteiger partial charge is 0.396 e. The van der Waals surface area contributed by atoms with Crippen LogP contribution < -0.4 is 5.32 Å². The Morgan fingerprint density at radius 3 is 2.93 bits per heavy atom. The van der Waals surface area contributed by atoms with Gasteiger partial charge in [-0.05, 0) is 37.9 Å². The van der Waals surface area contributed by atoms with Crippen LogP contribution in [0.4, 0.5) is 0 Å². The van der Waals surface area contributed by atoms with Crippen molar-refractivity contribution in [2.75, 3.05) is 13.2 Å². The Morgan fingerprint density at radius 1 is 1.47 bits per heavy atom. The molecule has 0 bridgehead atoms. The van der Waals surface area contributed by atoms with Crippen molar-refractivity contribution in [1.29, 1.82) is 0 Å².